The molecule has 1 aromatic carbocycles. The summed E-state index contributed by atoms with van der Waals surface area (Å²) in [7, 11) is 1.93. The molecular formula is C17H21N3O. The van der Waals surface area contributed by atoms with Crippen molar-refractivity contribution in [2.75, 3.05) is 0 Å². The first-order valence-electron chi connectivity index (χ1n) is 7.40. The molecular weight excluding hydrogens is 262 g/mol. The minimum atomic E-state index is 0.174. The first-order valence-corrected chi connectivity index (χ1v) is 7.40. The van der Waals surface area contributed by atoms with Gasteiger partial charge in [-0.15, -0.1) is 0 Å². The average molecular weight is 283 g/mol. The number of nitrogens with one attached hydrogen (secondary N) is 1. The van der Waals surface area contributed by atoms with Gasteiger partial charge in [0.25, 0.3) is 0 Å². The number of nitrogens with zero attached hydrogens (tertiary/aromatic N) is 2. The van der Waals surface area contributed by atoms with E-state index in [-0.39, 0.29) is 6.04 Å². The predicted molar refractivity (Wildman–Crippen MR) is 84.1 cm³/mol. The molecule has 2 heterocycles. The molecule has 0 spiro atoms. The summed E-state index contributed by atoms with van der Waals surface area (Å²) in [6.07, 6.45) is 4.89. The first-order chi connectivity index (χ1) is 10.2. The summed E-state index contributed by atoms with van der Waals surface area (Å²) in [5.74, 6) is 1.04. The van der Waals surface area contributed by atoms with E-state index >= 15 is 0 Å². The van der Waals surface area contributed by atoms with Crippen LogP contribution in [0.25, 0.3) is 11.0 Å². The van der Waals surface area contributed by atoms with Crippen molar-refractivity contribution in [1.29, 1.82) is 0 Å². The summed E-state index contributed by atoms with van der Waals surface area (Å²) in [5.41, 5.74) is 3.45. The maximum absolute atomic E-state index is 6.06. The highest BCUT2D eigenvalue weighted by Crippen LogP contribution is 2.30. The third-order valence-electron chi connectivity index (χ3n) is 3.85. The normalized spacial score (nSPS) is 12.9. The van der Waals surface area contributed by atoms with Gasteiger partial charge in [0.2, 0.25) is 0 Å². The molecule has 2 aromatic heterocycles. The molecule has 0 aliphatic carbocycles. The smallest absolute Gasteiger partial charge is 0.134 e. The zero-order valence-corrected chi connectivity index (χ0v) is 12.8. The van der Waals surface area contributed by atoms with Crippen molar-refractivity contribution >= 4 is 11.0 Å². The van der Waals surface area contributed by atoms with Crippen LogP contribution < -0.4 is 5.32 Å². The lowest BCUT2D eigenvalue weighted by atomic mass is 10.0. The fourth-order valence-electron chi connectivity index (χ4n) is 2.76. The van der Waals surface area contributed by atoms with E-state index in [1.165, 1.54) is 16.5 Å². The van der Waals surface area contributed by atoms with Gasteiger partial charge >= 0.3 is 0 Å². The van der Waals surface area contributed by atoms with Gasteiger partial charge in [-0.2, -0.15) is 5.10 Å². The van der Waals surface area contributed by atoms with Crippen molar-refractivity contribution in [2.24, 2.45) is 7.05 Å². The number of benzene rings is 1. The van der Waals surface area contributed by atoms with Crippen LogP contribution >= 0.6 is 0 Å². The number of aryl methyl sites for hydroxylation is 2. The number of hydrogen-bond donors (Lipinski definition) is 1. The van der Waals surface area contributed by atoms with Gasteiger partial charge in [0.1, 0.15) is 11.3 Å². The summed E-state index contributed by atoms with van der Waals surface area (Å²) >= 11 is 0. The Kier molecular flexibility index (Phi) is 3.80. The Morgan fingerprint density at radius 1 is 1.33 bits per heavy atom. The van der Waals surface area contributed by atoms with Crippen molar-refractivity contribution in [1.82, 2.24) is 15.1 Å². The minimum absolute atomic E-state index is 0.174. The molecule has 0 amide bonds. The number of aromatic nitrogens is 2. The van der Waals surface area contributed by atoms with Crippen molar-refractivity contribution in [3.8, 4) is 0 Å². The number of rotatable bonds is 5. The fourth-order valence-corrected chi connectivity index (χ4v) is 2.76. The maximum Gasteiger partial charge on any atom is 0.134 e. The van der Waals surface area contributed by atoms with Crippen LogP contribution in [0.15, 0.2) is 41.1 Å². The van der Waals surface area contributed by atoms with Crippen molar-refractivity contribution in [2.45, 2.75) is 32.9 Å². The van der Waals surface area contributed by atoms with E-state index in [0.717, 1.165) is 24.3 Å². The van der Waals surface area contributed by atoms with Crippen LogP contribution in [-0.2, 0) is 20.0 Å². The van der Waals surface area contributed by atoms with Crippen LogP contribution in [0, 0.1) is 0 Å². The molecule has 0 radical (unpaired) electrons. The summed E-state index contributed by atoms with van der Waals surface area (Å²) in [6.45, 7) is 5.11. The molecule has 110 valence electrons. The lowest BCUT2D eigenvalue weighted by Crippen LogP contribution is -2.18. The largest absolute Gasteiger partial charge is 0.459 e. The van der Waals surface area contributed by atoms with Crippen LogP contribution in [0.5, 0.6) is 0 Å². The highest BCUT2D eigenvalue weighted by molar-refractivity contribution is 5.82. The zero-order chi connectivity index (χ0) is 14.8. The average Bonchev–Trinajstić information content (AvgIpc) is 3.07. The number of fused-ring (bicyclic) bond motifs is 1. The topological polar surface area (TPSA) is 43.0 Å². The van der Waals surface area contributed by atoms with Gasteiger partial charge in [-0.1, -0.05) is 25.1 Å². The van der Waals surface area contributed by atoms with E-state index in [0.29, 0.717) is 0 Å². The molecule has 4 nitrogen and oxygen atoms in total. The van der Waals surface area contributed by atoms with Gasteiger partial charge < -0.3 is 9.73 Å². The molecule has 1 atom stereocenters. The molecule has 0 fully saturated rings. The molecule has 1 unspecified atom stereocenters. The zero-order valence-electron chi connectivity index (χ0n) is 12.8. The lowest BCUT2D eigenvalue weighted by molar-refractivity contribution is 0.446. The SMILES string of the molecule is CCc1c(C(C)NCc2cnn(C)c2)oc2ccccc12. The van der Waals surface area contributed by atoms with E-state index in [4.69, 9.17) is 4.42 Å². The lowest BCUT2D eigenvalue weighted by Gasteiger charge is -2.12. The molecule has 4 heteroatoms. The molecule has 21 heavy (non-hydrogen) atoms. The van der Waals surface area contributed by atoms with Crippen LogP contribution in [0.2, 0.25) is 0 Å². The highest BCUT2D eigenvalue weighted by atomic mass is 16.3. The van der Waals surface area contributed by atoms with Gasteiger partial charge in [0, 0.05) is 36.3 Å². The summed E-state index contributed by atoms with van der Waals surface area (Å²) < 4.78 is 7.88. The Bertz CT molecular complexity index is 741. The Labute approximate surface area is 124 Å². The van der Waals surface area contributed by atoms with E-state index in [1.54, 1.807) is 0 Å². The van der Waals surface area contributed by atoms with Gasteiger partial charge in [0.15, 0.2) is 0 Å². The van der Waals surface area contributed by atoms with Gasteiger partial charge in [0.05, 0.1) is 12.2 Å². The van der Waals surface area contributed by atoms with E-state index in [1.807, 2.05) is 36.3 Å². The van der Waals surface area contributed by atoms with Crippen LogP contribution in [0.1, 0.15) is 36.8 Å². The van der Waals surface area contributed by atoms with Crippen molar-refractivity contribution < 1.29 is 4.42 Å². The summed E-state index contributed by atoms with van der Waals surface area (Å²) in [6, 6.07) is 8.42. The molecule has 3 rings (SSSR count). The summed E-state index contributed by atoms with van der Waals surface area (Å²) in [4.78, 5) is 0. The second-order valence-corrected chi connectivity index (χ2v) is 5.42. The summed E-state index contributed by atoms with van der Waals surface area (Å²) in [5, 5.41) is 8.93. The van der Waals surface area contributed by atoms with Crippen LogP contribution in [-0.4, -0.2) is 9.78 Å². The maximum atomic E-state index is 6.06. The molecule has 0 bridgehead atoms. The Hall–Kier alpha value is -2.07. The van der Waals surface area contributed by atoms with Gasteiger partial charge in [-0.25, -0.2) is 0 Å². The molecule has 1 N–H and O–H groups in total. The Balaban J connectivity index is 1.82. The monoisotopic (exact) mass is 283 g/mol. The van der Waals surface area contributed by atoms with Gasteiger partial charge in [-0.05, 0) is 19.4 Å². The molecule has 0 aliphatic heterocycles. The van der Waals surface area contributed by atoms with E-state index in [9.17, 15) is 0 Å². The molecule has 0 aliphatic rings. The second-order valence-electron chi connectivity index (χ2n) is 5.42. The number of furan rings is 1. The van der Waals surface area contributed by atoms with Gasteiger partial charge in [-0.3, -0.25) is 4.68 Å². The fraction of sp³-hybridized carbons (Fsp3) is 0.353. The van der Waals surface area contributed by atoms with E-state index < -0.39 is 0 Å². The van der Waals surface area contributed by atoms with Crippen molar-refractivity contribution in [3.63, 3.8) is 0 Å². The second kappa shape index (κ2) is 5.74. The highest BCUT2D eigenvalue weighted by Gasteiger charge is 2.17. The van der Waals surface area contributed by atoms with Crippen molar-refractivity contribution in [3.05, 3.63) is 53.5 Å². The quantitative estimate of drug-likeness (QED) is 0.778. The minimum Gasteiger partial charge on any atom is -0.459 e. The van der Waals surface area contributed by atoms with Crippen LogP contribution in [0.4, 0.5) is 0 Å². The number of para-hydroxylation sites is 1. The molecule has 0 saturated heterocycles. The Morgan fingerprint density at radius 2 is 2.14 bits per heavy atom. The molecule has 3 aromatic rings. The Morgan fingerprint density at radius 3 is 2.86 bits per heavy atom. The third-order valence-corrected chi connectivity index (χ3v) is 3.85. The third kappa shape index (κ3) is 2.72. The van der Waals surface area contributed by atoms with E-state index in [2.05, 4.69) is 36.4 Å². The predicted octanol–water partition coefficient (Wildman–Crippen LogP) is 3.58. The van der Waals surface area contributed by atoms with Crippen LogP contribution in [0.3, 0.4) is 0 Å². The molecule has 0 saturated carbocycles. The standard InChI is InChI=1S/C17H21N3O/c1-4-14-15-7-5-6-8-16(15)21-17(14)12(2)18-9-13-10-19-20(3)11-13/h5-8,10-12,18H,4,9H2,1-3H3. The first kappa shape index (κ1) is 13.9. The number of hydrogen-bond acceptors (Lipinski definition) is 3.